The Bertz CT molecular complexity index is 359. The molecule has 1 heterocycles. The van der Waals surface area contributed by atoms with Crippen molar-refractivity contribution in [3.05, 3.63) is 11.6 Å². The van der Waals surface area contributed by atoms with E-state index in [4.69, 9.17) is 5.11 Å². The van der Waals surface area contributed by atoms with Crippen LogP contribution in [0.15, 0.2) is 11.6 Å². The van der Waals surface area contributed by atoms with Gasteiger partial charge in [-0.1, -0.05) is 13.3 Å². The third-order valence-corrected chi connectivity index (χ3v) is 2.67. The number of nitrogens with zero attached hydrogens (tertiary/aromatic N) is 1. The zero-order valence-corrected chi connectivity index (χ0v) is 9.40. The van der Waals surface area contributed by atoms with Crippen LogP contribution < -0.4 is 0 Å². The molecule has 1 aliphatic heterocycles. The molecule has 5 nitrogen and oxygen atoms in total. The molecular formula is C11H15NO4. The number of carboxylic acids is 1. The summed E-state index contributed by atoms with van der Waals surface area (Å²) in [5, 5.41) is 8.67. The highest BCUT2D eigenvalue weighted by Crippen LogP contribution is 2.17. The molecule has 0 saturated heterocycles. The normalized spacial score (nSPS) is 17.6. The van der Waals surface area contributed by atoms with E-state index in [1.54, 1.807) is 6.92 Å². The fourth-order valence-electron chi connectivity index (χ4n) is 1.65. The highest BCUT2D eigenvalue weighted by Gasteiger charge is 2.30. The first kappa shape index (κ1) is 12.4. The van der Waals surface area contributed by atoms with Crippen LogP contribution in [-0.2, 0) is 14.4 Å². The number of hydrogen-bond acceptors (Lipinski definition) is 3. The van der Waals surface area contributed by atoms with Crippen molar-refractivity contribution >= 4 is 17.8 Å². The second-order valence-electron chi connectivity index (χ2n) is 3.95. The lowest BCUT2D eigenvalue weighted by Crippen LogP contribution is -2.36. The summed E-state index contributed by atoms with van der Waals surface area (Å²) in [6.07, 6.45) is 1.89. The number of hydrogen-bond donors (Lipinski definition) is 1. The Labute approximate surface area is 93.7 Å². The molecule has 2 amide bonds. The monoisotopic (exact) mass is 225 g/mol. The summed E-state index contributed by atoms with van der Waals surface area (Å²) in [6.45, 7) is 3.62. The van der Waals surface area contributed by atoms with Crippen LogP contribution in [0.5, 0.6) is 0 Å². The lowest BCUT2D eigenvalue weighted by Gasteiger charge is -2.20. The van der Waals surface area contributed by atoms with Crippen molar-refractivity contribution in [2.75, 3.05) is 6.54 Å². The van der Waals surface area contributed by atoms with Crippen molar-refractivity contribution < 1.29 is 19.5 Å². The van der Waals surface area contributed by atoms with Crippen molar-refractivity contribution in [1.82, 2.24) is 4.90 Å². The number of imide groups is 1. The Hall–Kier alpha value is -1.65. The van der Waals surface area contributed by atoms with Gasteiger partial charge in [-0.3, -0.25) is 19.3 Å². The predicted octanol–water partition coefficient (Wildman–Crippen LogP) is 0.802. The largest absolute Gasteiger partial charge is 0.481 e. The molecule has 16 heavy (non-hydrogen) atoms. The molecule has 0 fully saturated rings. The number of carboxylic acid groups (broad SMARTS) is 1. The van der Waals surface area contributed by atoms with E-state index in [-0.39, 0.29) is 30.7 Å². The fourth-order valence-corrected chi connectivity index (χ4v) is 1.65. The van der Waals surface area contributed by atoms with Gasteiger partial charge < -0.3 is 5.11 Å². The van der Waals surface area contributed by atoms with Crippen LogP contribution in [-0.4, -0.2) is 34.3 Å². The molecule has 0 aromatic rings. The number of carbonyl (C=O) groups excluding carboxylic acids is 2. The molecule has 88 valence electrons. The first-order valence-electron chi connectivity index (χ1n) is 5.21. The molecule has 1 unspecified atom stereocenters. The zero-order valence-electron chi connectivity index (χ0n) is 9.40. The third kappa shape index (κ3) is 2.68. The Morgan fingerprint density at radius 3 is 2.50 bits per heavy atom. The van der Waals surface area contributed by atoms with E-state index in [1.165, 1.54) is 6.08 Å². The van der Waals surface area contributed by atoms with Gasteiger partial charge in [-0.25, -0.2) is 0 Å². The molecule has 0 aromatic heterocycles. The first-order chi connectivity index (χ1) is 7.45. The predicted molar refractivity (Wildman–Crippen MR) is 56.5 cm³/mol. The fraction of sp³-hybridized carbons (Fsp3) is 0.545. The summed E-state index contributed by atoms with van der Waals surface area (Å²) < 4.78 is 0. The van der Waals surface area contributed by atoms with Crippen molar-refractivity contribution in [2.45, 2.75) is 26.7 Å². The van der Waals surface area contributed by atoms with Gasteiger partial charge in [-0.2, -0.15) is 0 Å². The molecule has 0 aliphatic carbocycles. The number of carbonyl (C=O) groups is 3. The molecule has 1 aliphatic rings. The van der Waals surface area contributed by atoms with E-state index in [0.717, 1.165) is 4.90 Å². The molecule has 0 saturated carbocycles. The Kier molecular flexibility index (Phi) is 3.82. The third-order valence-electron chi connectivity index (χ3n) is 2.67. The topological polar surface area (TPSA) is 74.7 Å². The minimum atomic E-state index is -0.907. The van der Waals surface area contributed by atoms with Gasteiger partial charge in [0.05, 0.1) is 0 Å². The lowest BCUT2D eigenvalue weighted by molar-refractivity contribution is -0.142. The average Bonchev–Trinajstić information content (AvgIpc) is 2.43. The molecule has 1 atom stereocenters. The maximum absolute atomic E-state index is 11.5. The second kappa shape index (κ2) is 4.92. The van der Waals surface area contributed by atoms with Crippen LogP contribution in [0.3, 0.4) is 0 Å². The van der Waals surface area contributed by atoms with Crippen molar-refractivity contribution in [2.24, 2.45) is 5.92 Å². The summed E-state index contributed by atoms with van der Waals surface area (Å²) in [5.74, 6) is -1.74. The summed E-state index contributed by atoms with van der Waals surface area (Å²) in [4.78, 5) is 34.6. The van der Waals surface area contributed by atoms with Crippen LogP contribution in [0.2, 0.25) is 0 Å². The maximum atomic E-state index is 11.5. The molecule has 0 aromatic carbocycles. The highest BCUT2D eigenvalue weighted by molar-refractivity contribution is 6.15. The summed E-state index contributed by atoms with van der Waals surface area (Å²) in [5.41, 5.74) is 0.412. The summed E-state index contributed by atoms with van der Waals surface area (Å²) in [7, 11) is 0. The summed E-state index contributed by atoms with van der Waals surface area (Å²) in [6, 6.07) is 0. The molecule has 0 radical (unpaired) electrons. The smallest absolute Gasteiger partial charge is 0.303 e. The second-order valence-corrected chi connectivity index (χ2v) is 3.95. The number of rotatable bonds is 5. The molecule has 1 N–H and O–H groups in total. The Balaban J connectivity index is 2.63. The van der Waals surface area contributed by atoms with Gasteiger partial charge in [0.15, 0.2) is 0 Å². The first-order valence-corrected chi connectivity index (χ1v) is 5.21. The van der Waals surface area contributed by atoms with Crippen LogP contribution >= 0.6 is 0 Å². The number of amides is 2. The van der Waals surface area contributed by atoms with E-state index in [0.29, 0.717) is 12.0 Å². The highest BCUT2D eigenvalue weighted by atomic mass is 16.4. The van der Waals surface area contributed by atoms with Crippen molar-refractivity contribution in [3.63, 3.8) is 0 Å². The Morgan fingerprint density at radius 2 is 2.12 bits per heavy atom. The summed E-state index contributed by atoms with van der Waals surface area (Å²) >= 11 is 0. The molecular weight excluding hydrogens is 210 g/mol. The minimum Gasteiger partial charge on any atom is -0.481 e. The average molecular weight is 225 g/mol. The lowest BCUT2D eigenvalue weighted by atomic mass is 10.0. The van der Waals surface area contributed by atoms with Crippen molar-refractivity contribution in [1.29, 1.82) is 0 Å². The molecule has 0 spiro atoms. The zero-order chi connectivity index (χ0) is 12.3. The van der Waals surface area contributed by atoms with E-state index in [1.807, 2.05) is 6.92 Å². The van der Waals surface area contributed by atoms with Gasteiger partial charge in [0.1, 0.15) is 0 Å². The van der Waals surface area contributed by atoms with Gasteiger partial charge in [0.2, 0.25) is 0 Å². The van der Waals surface area contributed by atoms with Crippen LogP contribution in [0.4, 0.5) is 0 Å². The van der Waals surface area contributed by atoms with Gasteiger partial charge in [-0.15, -0.1) is 0 Å². The Morgan fingerprint density at radius 1 is 1.50 bits per heavy atom. The SMILES string of the molecule is CCC(CC(=O)O)CN1C(=O)C=C(C)C1=O. The van der Waals surface area contributed by atoms with E-state index in [9.17, 15) is 14.4 Å². The van der Waals surface area contributed by atoms with Crippen LogP contribution in [0, 0.1) is 5.92 Å². The van der Waals surface area contributed by atoms with Gasteiger partial charge in [0.25, 0.3) is 11.8 Å². The molecule has 1 rings (SSSR count). The quantitative estimate of drug-likeness (QED) is 0.702. The van der Waals surface area contributed by atoms with Gasteiger partial charge in [-0.05, 0) is 12.8 Å². The van der Waals surface area contributed by atoms with Crippen molar-refractivity contribution in [3.8, 4) is 0 Å². The number of aliphatic carboxylic acids is 1. The van der Waals surface area contributed by atoms with Crippen LogP contribution in [0.1, 0.15) is 26.7 Å². The van der Waals surface area contributed by atoms with Gasteiger partial charge >= 0.3 is 5.97 Å². The maximum Gasteiger partial charge on any atom is 0.303 e. The minimum absolute atomic E-state index is 0.0212. The van der Waals surface area contributed by atoms with E-state index < -0.39 is 5.97 Å². The standard InChI is InChI=1S/C11H15NO4/c1-3-8(5-10(14)15)6-12-9(13)4-7(2)11(12)16/h4,8H,3,5-6H2,1-2H3,(H,14,15). The molecule has 0 bridgehead atoms. The van der Waals surface area contributed by atoms with E-state index >= 15 is 0 Å². The van der Waals surface area contributed by atoms with Gasteiger partial charge in [0, 0.05) is 24.6 Å². The van der Waals surface area contributed by atoms with Crippen LogP contribution in [0.25, 0.3) is 0 Å². The molecule has 5 heteroatoms. The van der Waals surface area contributed by atoms with E-state index in [2.05, 4.69) is 0 Å².